The van der Waals surface area contributed by atoms with E-state index in [4.69, 9.17) is 19.2 Å². The first-order chi connectivity index (χ1) is 20.6. The molecule has 42 heavy (non-hydrogen) atoms. The molecule has 0 N–H and O–H groups in total. The van der Waals surface area contributed by atoms with Gasteiger partial charge < -0.3 is 19.1 Å². The fourth-order valence-electron chi connectivity index (χ4n) is 4.81. The summed E-state index contributed by atoms with van der Waals surface area (Å²) in [6.07, 6.45) is 3.48. The lowest BCUT2D eigenvalue weighted by Gasteiger charge is -2.25. The quantitative estimate of drug-likeness (QED) is 0.172. The van der Waals surface area contributed by atoms with E-state index >= 15 is 4.39 Å². The van der Waals surface area contributed by atoms with Crippen molar-refractivity contribution in [3.63, 3.8) is 0 Å². The zero-order chi connectivity index (χ0) is 28.9. The van der Waals surface area contributed by atoms with Crippen LogP contribution in [0.15, 0.2) is 116 Å². The zero-order valence-corrected chi connectivity index (χ0v) is 23.3. The first kappa shape index (κ1) is 26.8. The third kappa shape index (κ3) is 5.74. The molecule has 6 aromatic rings. The Morgan fingerprint density at radius 2 is 1.31 bits per heavy atom. The molecule has 0 fully saturated rings. The van der Waals surface area contributed by atoms with E-state index in [0.717, 1.165) is 28.1 Å². The van der Waals surface area contributed by atoms with Gasteiger partial charge in [0.25, 0.3) is 0 Å². The van der Waals surface area contributed by atoms with Crippen LogP contribution in [0.2, 0.25) is 0 Å². The van der Waals surface area contributed by atoms with Crippen LogP contribution < -0.4 is 19.1 Å². The standard InChI is InChI=1S/C34H29FN4O3/c1-40-27-12-8-24(9-13-27)22-38(23-25-10-14-28(41-2)15-11-25)34-36-19-18-26-21-37-33(39(26)34)31-17-16-30(20-32(31)35)42-29-6-4-3-5-7-29/h3-21H,22-23H2,1-2H3. The minimum Gasteiger partial charge on any atom is -0.497 e. The highest BCUT2D eigenvalue weighted by molar-refractivity contribution is 5.67. The van der Waals surface area contributed by atoms with Crippen LogP contribution in [-0.2, 0) is 13.1 Å². The SMILES string of the molecule is COc1ccc(CN(Cc2ccc(OC)cc2)c2nccc3cnc(-c4ccc(Oc5ccccc5)cc4F)n23)cc1. The van der Waals surface area contributed by atoms with Crippen LogP contribution in [0.25, 0.3) is 16.9 Å². The molecule has 210 valence electrons. The molecule has 4 aromatic carbocycles. The molecule has 0 spiro atoms. The molecule has 0 amide bonds. The van der Waals surface area contributed by atoms with Crippen LogP contribution >= 0.6 is 0 Å². The van der Waals surface area contributed by atoms with E-state index in [-0.39, 0.29) is 0 Å². The van der Waals surface area contributed by atoms with E-state index in [1.165, 1.54) is 6.07 Å². The molecule has 0 bridgehead atoms. The first-order valence-electron chi connectivity index (χ1n) is 13.5. The van der Waals surface area contributed by atoms with Gasteiger partial charge in [0, 0.05) is 25.4 Å². The van der Waals surface area contributed by atoms with Crippen LogP contribution in [0.3, 0.4) is 0 Å². The van der Waals surface area contributed by atoms with Crippen molar-refractivity contribution in [1.82, 2.24) is 14.4 Å². The van der Waals surface area contributed by atoms with Crippen molar-refractivity contribution in [1.29, 1.82) is 0 Å². The fourth-order valence-corrected chi connectivity index (χ4v) is 4.81. The van der Waals surface area contributed by atoms with Crippen molar-refractivity contribution in [2.75, 3.05) is 19.1 Å². The molecule has 6 rings (SSSR count). The van der Waals surface area contributed by atoms with E-state index in [9.17, 15) is 0 Å². The first-order valence-corrected chi connectivity index (χ1v) is 13.5. The normalized spacial score (nSPS) is 10.9. The van der Waals surface area contributed by atoms with Gasteiger partial charge in [-0.25, -0.2) is 14.4 Å². The highest BCUT2D eigenvalue weighted by atomic mass is 19.1. The number of fused-ring (bicyclic) bond motifs is 1. The predicted octanol–water partition coefficient (Wildman–Crippen LogP) is 7.55. The van der Waals surface area contributed by atoms with Gasteiger partial charge in [0.2, 0.25) is 5.95 Å². The van der Waals surface area contributed by atoms with Gasteiger partial charge in [0.15, 0.2) is 0 Å². The van der Waals surface area contributed by atoms with Gasteiger partial charge in [-0.05, 0) is 65.7 Å². The number of methoxy groups -OCH3 is 2. The summed E-state index contributed by atoms with van der Waals surface area (Å²) >= 11 is 0. The smallest absolute Gasteiger partial charge is 0.212 e. The molecular weight excluding hydrogens is 531 g/mol. The number of imidazole rings is 1. The maximum atomic E-state index is 15.6. The number of ether oxygens (including phenoxy) is 3. The average Bonchev–Trinajstić information content (AvgIpc) is 3.46. The molecule has 7 nitrogen and oxygen atoms in total. The van der Waals surface area contributed by atoms with Crippen molar-refractivity contribution in [3.8, 4) is 34.4 Å². The Balaban J connectivity index is 1.40. The van der Waals surface area contributed by atoms with E-state index in [1.54, 1.807) is 38.7 Å². The van der Waals surface area contributed by atoms with Crippen molar-refractivity contribution in [3.05, 3.63) is 132 Å². The molecular formula is C34H29FN4O3. The largest absolute Gasteiger partial charge is 0.497 e. The summed E-state index contributed by atoms with van der Waals surface area (Å²) in [5, 5.41) is 0. The lowest BCUT2D eigenvalue weighted by Crippen LogP contribution is -2.25. The van der Waals surface area contributed by atoms with Gasteiger partial charge in [-0.2, -0.15) is 0 Å². The van der Waals surface area contributed by atoms with Crippen LogP contribution in [-0.4, -0.2) is 28.6 Å². The van der Waals surface area contributed by atoms with Gasteiger partial charge in [0.05, 0.1) is 31.5 Å². The molecule has 0 aliphatic heterocycles. The maximum absolute atomic E-state index is 15.6. The van der Waals surface area contributed by atoms with Crippen molar-refractivity contribution < 1.29 is 18.6 Å². The summed E-state index contributed by atoms with van der Waals surface area (Å²) in [5.74, 6) is 3.25. The molecule has 2 aromatic heterocycles. The Kier molecular flexibility index (Phi) is 7.68. The number of rotatable bonds is 10. The van der Waals surface area contributed by atoms with Crippen molar-refractivity contribution in [2.45, 2.75) is 13.1 Å². The molecule has 0 saturated heterocycles. The lowest BCUT2D eigenvalue weighted by atomic mass is 10.1. The summed E-state index contributed by atoms with van der Waals surface area (Å²) in [6, 6.07) is 31.8. The van der Waals surface area contributed by atoms with Crippen LogP contribution in [0.4, 0.5) is 10.3 Å². The number of halogens is 1. The van der Waals surface area contributed by atoms with E-state index < -0.39 is 5.82 Å². The molecule has 0 radical (unpaired) electrons. The second kappa shape index (κ2) is 12.0. The van der Waals surface area contributed by atoms with Crippen molar-refractivity contribution >= 4 is 11.5 Å². The number of nitrogens with zero attached hydrogens (tertiary/aromatic N) is 4. The second-order valence-corrected chi connectivity index (χ2v) is 9.70. The van der Waals surface area contributed by atoms with Crippen LogP contribution in [0.5, 0.6) is 23.0 Å². The van der Waals surface area contributed by atoms with Crippen molar-refractivity contribution in [2.24, 2.45) is 0 Å². The molecule has 0 unspecified atom stereocenters. The number of aromatic nitrogens is 3. The van der Waals surface area contributed by atoms with Crippen LogP contribution in [0.1, 0.15) is 11.1 Å². The Bertz CT molecular complexity index is 1740. The Labute approximate surface area is 243 Å². The van der Waals surface area contributed by atoms with E-state index in [1.807, 2.05) is 89.3 Å². The average molecular weight is 561 g/mol. The molecule has 0 saturated carbocycles. The van der Waals surface area contributed by atoms with Crippen LogP contribution in [0, 0.1) is 5.82 Å². The summed E-state index contributed by atoms with van der Waals surface area (Å²) in [5.41, 5.74) is 3.28. The minimum absolute atomic E-state index is 0.346. The molecule has 8 heteroatoms. The second-order valence-electron chi connectivity index (χ2n) is 9.70. The lowest BCUT2D eigenvalue weighted by molar-refractivity contribution is 0.414. The van der Waals surface area contributed by atoms with E-state index in [2.05, 4.69) is 9.88 Å². The number of hydrogen-bond acceptors (Lipinski definition) is 6. The Morgan fingerprint density at radius 3 is 1.90 bits per heavy atom. The van der Waals surface area contributed by atoms with Gasteiger partial charge in [-0.1, -0.05) is 42.5 Å². The Morgan fingerprint density at radius 1 is 0.690 bits per heavy atom. The fraction of sp³-hybridized carbons (Fsp3) is 0.118. The third-order valence-electron chi connectivity index (χ3n) is 6.93. The van der Waals surface area contributed by atoms with Gasteiger partial charge in [-0.15, -0.1) is 0 Å². The number of benzene rings is 4. The number of para-hydroxylation sites is 1. The summed E-state index contributed by atoms with van der Waals surface area (Å²) in [4.78, 5) is 11.6. The molecule has 0 aliphatic rings. The number of anilines is 1. The Hall–Kier alpha value is -5.37. The third-order valence-corrected chi connectivity index (χ3v) is 6.93. The monoisotopic (exact) mass is 560 g/mol. The summed E-state index contributed by atoms with van der Waals surface area (Å²) in [7, 11) is 3.30. The number of hydrogen-bond donors (Lipinski definition) is 0. The van der Waals surface area contributed by atoms with E-state index in [0.29, 0.717) is 41.9 Å². The summed E-state index contributed by atoms with van der Waals surface area (Å²) < 4.78 is 34.0. The topological polar surface area (TPSA) is 61.1 Å². The predicted molar refractivity (Wildman–Crippen MR) is 161 cm³/mol. The summed E-state index contributed by atoms with van der Waals surface area (Å²) in [6.45, 7) is 1.10. The molecule has 0 atom stereocenters. The highest BCUT2D eigenvalue weighted by Crippen LogP contribution is 2.31. The zero-order valence-electron chi connectivity index (χ0n) is 23.3. The van der Waals surface area contributed by atoms with Gasteiger partial charge in [0.1, 0.15) is 34.6 Å². The highest BCUT2D eigenvalue weighted by Gasteiger charge is 2.20. The maximum Gasteiger partial charge on any atom is 0.212 e. The molecule has 0 aliphatic carbocycles. The molecule has 2 heterocycles. The minimum atomic E-state index is -0.442. The van der Waals surface area contributed by atoms with Gasteiger partial charge >= 0.3 is 0 Å². The van der Waals surface area contributed by atoms with Gasteiger partial charge in [-0.3, -0.25) is 4.40 Å².